The Hall–Kier alpha value is -5.26. The summed E-state index contributed by atoms with van der Waals surface area (Å²) in [7, 11) is 3.28. The van der Waals surface area contributed by atoms with Crippen LogP contribution in [0.15, 0.2) is 84.9 Å². The minimum atomic E-state index is -0.597. The average molecular weight is 633 g/mol. The molecule has 4 N–H and O–H groups in total. The Kier molecular flexibility index (Phi) is 15.2. The first-order valence-electron chi connectivity index (χ1n) is 15.2. The van der Waals surface area contributed by atoms with Crippen molar-refractivity contribution in [1.29, 1.82) is 0 Å². The SMILES string of the molecule is CN(CCOC(=O)NCc1cccc(CNC(=O)OCCN(C)C(=O)NCCc2ccccc2)c1)C(=O)NCCc1ccccc1. The van der Waals surface area contributed by atoms with Gasteiger partial charge in [-0.05, 0) is 35.1 Å². The number of amides is 6. The van der Waals surface area contributed by atoms with Crippen LogP contribution < -0.4 is 21.3 Å². The second-order valence-corrected chi connectivity index (χ2v) is 10.6. The van der Waals surface area contributed by atoms with Crippen LogP contribution in [0.3, 0.4) is 0 Å². The maximum atomic E-state index is 12.2. The molecule has 46 heavy (non-hydrogen) atoms. The van der Waals surface area contributed by atoms with E-state index >= 15 is 0 Å². The zero-order valence-electron chi connectivity index (χ0n) is 26.5. The second kappa shape index (κ2) is 19.9. The zero-order valence-corrected chi connectivity index (χ0v) is 26.5. The number of carbonyl (C=O) groups excluding carboxylic acids is 4. The standard InChI is InChI=1S/C34H44N6O6/c1-39(31(41)35-18-16-27-10-5-3-6-11-27)20-22-45-33(43)37-25-29-14-9-15-30(24-29)26-38-34(44)46-23-21-40(2)32(42)36-19-17-28-12-7-4-8-13-28/h3-15,24H,16-23,25-26H2,1-2H3,(H,35,41)(H,36,42)(H,37,43)(H,38,44). The molecule has 3 aromatic rings. The highest BCUT2D eigenvalue weighted by atomic mass is 16.6. The number of hydrogen-bond donors (Lipinski definition) is 4. The van der Waals surface area contributed by atoms with Crippen molar-refractivity contribution in [1.82, 2.24) is 31.1 Å². The Morgan fingerprint density at radius 2 is 0.935 bits per heavy atom. The summed E-state index contributed by atoms with van der Waals surface area (Å²) in [5.41, 5.74) is 3.92. The summed E-state index contributed by atoms with van der Waals surface area (Å²) in [6.07, 6.45) is 0.270. The van der Waals surface area contributed by atoms with Gasteiger partial charge in [-0.2, -0.15) is 0 Å². The molecule has 246 valence electrons. The molecule has 3 rings (SSSR count). The summed E-state index contributed by atoms with van der Waals surface area (Å²) in [6.45, 7) is 2.08. The van der Waals surface area contributed by atoms with Crippen LogP contribution in [0.5, 0.6) is 0 Å². The van der Waals surface area contributed by atoms with E-state index in [1.807, 2.05) is 84.9 Å². The number of hydrogen-bond acceptors (Lipinski definition) is 6. The third-order valence-electron chi connectivity index (χ3n) is 6.94. The Morgan fingerprint density at radius 3 is 1.35 bits per heavy atom. The molecule has 0 radical (unpaired) electrons. The fourth-order valence-electron chi connectivity index (χ4n) is 4.24. The van der Waals surface area contributed by atoms with Gasteiger partial charge in [-0.15, -0.1) is 0 Å². The van der Waals surface area contributed by atoms with Crippen LogP contribution in [0, 0.1) is 0 Å². The number of ether oxygens (including phenoxy) is 2. The highest BCUT2D eigenvalue weighted by Crippen LogP contribution is 2.06. The van der Waals surface area contributed by atoms with Crippen LogP contribution in [-0.2, 0) is 35.4 Å². The maximum Gasteiger partial charge on any atom is 0.407 e. The van der Waals surface area contributed by atoms with E-state index in [-0.39, 0.29) is 51.5 Å². The molecule has 0 saturated heterocycles. The summed E-state index contributed by atoms with van der Waals surface area (Å²) in [6, 6.07) is 26.6. The lowest BCUT2D eigenvalue weighted by Gasteiger charge is -2.18. The Bertz CT molecular complexity index is 1270. The van der Waals surface area contributed by atoms with Crippen LogP contribution in [0.2, 0.25) is 0 Å². The first kappa shape index (κ1) is 35.2. The van der Waals surface area contributed by atoms with E-state index in [1.54, 1.807) is 14.1 Å². The summed E-state index contributed by atoms with van der Waals surface area (Å²) >= 11 is 0. The van der Waals surface area contributed by atoms with Gasteiger partial charge in [-0.1, -0.05) is 84.9 Å². The third kappa shape index (κ3) is 14.0. The molecule has 12 nitrogen and oxygen atoms in total. The van der Waals surface area contributed by atoms with Gasteiger partial charge < -0.3 is 40.5 Å². The van der Waals surface area contributed by atoms with Gasteiger partial charge in [-0.3, -0.25) is 0 Å². The summed E-state index contributed by atoms with van der Waals surface area (Å²) in [5, 5.41) is 11.1. The molecule has 0 aromatic heterocycles. The normalized spacial score (nSPS) is 10.3. The molecule has 3 aromatic carbocycles. The van der Waals surface area contributed by atoms with Gasteiger partial charge in [0.05, 0.1) is 13.1 Å². The highest BCUT2D eigenvalue weighted by Gasteiger charge is 2.11. The number of likely N-dealkylation sites (N-methyl/N-ethyl adjacent to an activating group) is 2. The van der Waals surface area contributed by atoms with Crippen molar-refractivity contribution in [3.8, 4) is 0 Å². The summed E-state index contributed by atoms with van der Waals surface area (Å²) < 4.78 is 10.4. The molecule has 0 unspecified atom stereocenters. The lowest BCUT2D eigenvalue weighted by Crippen LogP contribution is -2.40. The Balaban J connectivity index is 1.24. The van der Waals surface area contributed by atoms with Crippen molar-refractivity contribution < 1.29 is 28.7 Å². The van der Waals surface area contributed by atoms with Crippen molar-refractivity contribution >= 4 is 24.2 Å². The topological polar surface area (TPSA) is 141 Å². The molecule has 0 aliphatic heterocycles. The van der Waals surface area contributed by atoms with E-state index in [0.29, 0.717) is 13.1 Å². The Labute approximate surface area is 270 Å². The van der Waals surface area contributed by atoms with E-state index in [2.05, 4.69) is 21.3 Å². The second-order valence-electron chi connectivity index (χ2n) is 10.6. The van der Waals surface area contributed by atoms with Gasteiger partial charge in [0.15, 0.2) is 0 Å². The molecular weight excluding hydrogens is 588 g/mol. The van der Waals surface area contributed by atoms with Crippen molar-refractivity contribution in [3.05, 3.63) is 107 Å². The van der Waals surface area contributed by atoms with E-state index in [9.17, 15) is 19.2 Å². The van der Waals surface area contributed by atoms with E-state index in [1.165, 1.54) is 9.80 Å². The van der Waals surface area contributed by atoms with E-state index < -0.39 is 12.2 Å². The largest absolute Gasteiger partial charge is 0.448 e. The zero-order chi connectivity index (χ0) is 33.0. The molecule has 0 fully saturated rings. The van der Waals surface area contributed by atoms with Crippen molar-refractivity contribution in [2.24, 2.45) is 0 Å². The minimum Gasteiger partial charge on any atom is -0.448 e. The molecule has 0 spiro atoms. The lowest BCUT2D eigenvalue weighted by molar-refractivity contribution is 0.133. The molecule has 12 heteroatoms. The molecule has 0 atom stereocenters. The van der Waals surface area contributed by atoms with E-state index in [0.717, 1.165) is 35.1 Å². The van der Waals surface area contributed by atoms with Crippen LogP contribution >= 0.6 is 0 Å². The van der Waals surface area contributed by atoms with E-state index in [4.69, 9.17) is 9.47 Å². The number of alkyl carbamates (subject to hydrolysis) is 2. The highest BCUT2D eigenvalue weighted by molar-refractivity contribution is 5.74. The van der Waals surface area contributed by atoms with Crippen molar-refractivity contribution in [2.45, 2.75) is 25.9 Å². The van der Waals surface area contributed by atoms with Crippen LogP contribution in [0.25, 0.3) is 0 Å². The molecule has 6 amide bonds. The predicted molar refractivity (Wildman–Crippen MR) is 175 cm³/mol. The fourth-order valence-corrected chi connectivity index (χ4v) is 4.24. The molecule has 0 bridgehead atoms. The first-order valence-corrected chi connectivity index (χ1v) is 15.2. The van der Waals surface area contributed by atoms with Gasteiger partial charge >= 0.3 is 24.2 Å². The molecule has 0 heterocycles. The minimum absolute atomic E-state index is 0.0508. The summed E-state index contributed by atoms with van der Waals surface area (Å²) in [5.74, 6) is 0. The predicted octanol–water partition coefficient (Wildman–Crippen LogP) is 3.91. The van der Waals surface area contributed by atoms with Crippen molar-refractivity contribution in [2.75, 3.05) is 53.5 Å². The van der Waals surface area contributed by atoms with Crippen LogP contribution in [0.1, 0.15) is 22.3 Å². The number of rotatable bonds is 16. The fraction of sp³-hybridized carbons (Fsp3) is 0.353. The van der Waals surface area contributed by atoms with Crippen molar-refractivity contribution in [3.63, 3.8) is 0 Å². The van der Waals surface area contributed by atoms with Crippen LogP contribution in [-0.4, -0.2) is 87.5 Å². The van der Waals surface area contributed by atoms with Crippen LogP contribution in [0.4, 0.5) is 19.2 Å². The summed E-state index contributed by atoms with van der Waals surface area (Å²) in [4.78, 5) is 51.7. The molecular formula is C34H44N6O6. The van der Waals surface area contributed by atoms with Gasteiger partial charge in [0, 0.05) is 40.3 Å². The van der Waals surface area contributed by atoms with Gasteiger partial charge in [0.1, 0.15) is 13.2 Å². The average Bonchev–Trinajstić information content (AvgIpc) is 3.07. The lowest BCUT2D eigenvalue weighted by atomic mass is 10.1. The monoisotopic (exact) mass is 632 g/mol. The maximum absolute atomic E-state index is 12.2. The first-order chi connectivity index (χ1) is 22.3. The molecule has 0 aliphatic carbocycles. The number of urea groups is 2. The third-order valence-corrected chi connectivity index (χ3v) is 6.94. The smallest absolute Gasteiger partial charge is 0.407 e. The molecule has 0 saturated carbocycles. The molecule has 0 aliphatic rings. The number of benzene rings is 3. The quantitative estimate of drug-likeness (QED) is 0.189. The number of carbonyl (C=O) groups is 4. The Morgan fingerprint density at radius 1 is 0.543 bits per heavy atom. The van der Waals surface area contributed by atoms with Gasteiger partial charge in [0.25, 0.3) is 0 Å². The van der Waals surface area contributed by atoms with Gasteiger partial charge in [0.2, 0.25) is 0 Å². The number of nitrogens with one attached hydrogen (secondary N) is 4. The van der Waals surface area contributed by atoms with Gasteiger partial charge in [-0.25, -0.2) is 19.2 Å². The number of nitrogens with zero attached hydrogens (tertiary/aromatic N) is 2.